The normalized spacial score (nSPS) is 12.4. The van der Waals surface area contributed by atoms with Crippen LogP contribution in [0.4, 0.5) is 0 Å². The van der Waals surface area contributed by atoms with Crippen LogP contribution in [0.25, 0.3) is 0 Å². The molecule has 0 saturated carbocycles. The van der Waals surface area contributed by atoms with Gasteiger partial charge in [-0.1, -0.05) is 48.0 Å². The van der Waals surface area contributed by atoms with Crippen molar-refractivity contribution in [2.24, 2.45) is 0 Å². The molecule has 0 N–H and O–H groups in total. The van der Waals surface area contributed by atoms with Crippen molar-refractivity contribution in [3.05, 3.63) is 48.6 Å². The van der Waals surface area contributed by atoms with Crippen LogP contribution in [0.2, 0.25) is 0 Å². The minimum absolute atomic E-state index is 0.371. The fourth-order valence-corrected chi connectivity index (χ4v) is 1.07. The van der Waals surface area contributed by atoms with E-state index in [2.05, 4.69) is 6.58 Å². The summed E-state index contributed by atoms with van der Waals surface area (Å²) in [6.45, 7) is 4.02. The van der Waals surface area contributed by atoms with Crippen LogP contribution in [0, 0.1) is 0 Å². The van der Waals surface area contributed by atoms with Crippen LogP contribution in [0.5, 0.6) is 0 Å². The molecule has 0 amide bonds. The van der Waals surface area contributed by atoms with Crippen LogP contribution in [0.15, 0.2) is 43.0 Å². The van der Waals surface area contributed by atoms with Gasteiger partial charge in [0.2, 0.25) is 0 Å². The molecule has 0 fully saturated rings. The molecule has 0 saturated heterocycles. The Morgan fingerprint density at radius 2 is 2.08 bits per heavy atom. The lowest BCUT2D eigenvalue weighted by atomic mass is 10.2. The molecule has 0 aromatic heterocycles. The molecular formula is C10H11ClO. The molecule has 2 heteroatoms. The van der Waals surface area contributed by atoms with Crippen LogP contribution in [-0.2, 0) is 4.74 Å². The van der Waals surface area contributed by atoms with E-state index in [1.165, 1.54) is 0 Å². The van der Waals surface area contributed by atoms with Gasteiger partial charge in [0.15, 0.2) is 5.56 Å². The lowest BCUT2D eigenvalue weighted by Crippen LogP contribution is -1.96. The Labute approximate surface area is 77.6 Å². The predicted molar refractivity (Wildman–Crippen MR) is 51.2 cm³/mol. The van der Waals surface area contributed by atoms with Gasteiger partial charge in [-0.2, -0.15) is 0 Å². The highest BCUT2D eigenvalue weighted by atomic mass is 35.5. The molecule has 1 atom stereocenters. The van der Waals surface area contributed by atoms with Crippen molar-refractivity contribution < 1.29 is 4.74 Å². The molecule has 0 spiro atoms. The van der Waals surface area contributed by atoms with Crippen molar-refractivity contribution in [1.82, 2.24) is 0 Å². The van der Waals surface area contributed by atoms with E-state index in [1.54, 1.807) is 6.08 Å². The van der Waals surface area contributed by atoms with Crippen molar-refractivity contribution in [1.29, 1.82) is 0 Å². The van der Waals surface area contributed by atoms with E-state index in [0.717, 1.165) is 5.56 Å². The maximum Gasteiger partial charge on any atom is 0.157 e. The van der Waals surface area contributed by atoms with Crippen molar-refractivity contribution in [2.75, 3.05) is 6.61 Å². The van der Waals surface area contributed by atoms with Gasteiger partial charge < -0.3 is 4.74 Å². The average Bonchev–Trinajstić information content (AvgIpc) is 2.15. The fraction of sp³-hybridized carbons (Fsp3) is 0.200. The number of hydrogen-bond acceptors (Lipinski definition) is 1. The largest absolute Gasteiger partial charge is 0.354 e. The first-order valence-electron chi connectivity index (χ1n) is 3.76. The van der Waals surface area contributed by atoms with Gasteiger partial charge in [-0.3, -0.25) is 0 Å². The topological polar surface area (TPSA) is 9.23 Å². The van der Waals surface area contributed by atoms with Crippen molar-refractivity contribution in [3.63, 3.8) is 0 Å². The number of halogens is 1. The summed E-state index contributed by atoms with van der Waals surface area (Å²) in [6.07, 6.45) is 1.68. The lowest BCUT2D eigenvalue weighted by molar-refractivity contribution is 0.135. The third kappa shape index (κ3) is 2.68. The molecule has 0 aliphatic rings. The second-order valence-electron chi connectivity index (χ2n) is 2.35. The zero-order chi connectivity index (χ0) is 8.81. The zero-order valence-corrected chi connectivity index (χ0v) is 7.50. The van der Waals surface area contributed by atoms with Gasteiger partial charge in [0.25, 0.3) is 0 Å². The fourth-order valence-electron chi connectivity index (χ4n) is 0.853. The van der Waals surface area contributed by atoms with E-state index < -0.39 is 0 Å². The summed E-state index contributed by atoms with van der Waals surface area (Å²) >= 11 is 5.91. The number of benzene rings is 1. The molecule has 0 radical (unpaired) electrons. The van der Waals surface area contributed by atoms with Crippen LogP contribution in [-0.4, -0.2) is 6.61 Å². The van der Waals surface area contributed by atoms with Crippen LogP contribution < -0.4 is 0 Å². The highest BCUT2D eigenvalue weighted by Crippen LogP contribution is 2.20. The van der Waals surface area contributed by atoms with Crippen molar-refractivity contribution in [2.45, 2.75) is 5.56 Å². The molecule has 12 heavy (non-hydrogen) atoms. The third-order valence-electron chi connectivity index (χ3n) is 1.42. The van der Waals surface area contributed by atoms with Gasteiger partial charge in [-0.25, -0.2) is 0 Å². The number of alkyl halides is 1. The SMILES string of the molecule is C=CCOC(Cl)c1ccccc1. The van der Waals surface area contributed by atoms with Crippen LogP contribution in [0.1, 0.15) is 11.1 Å². The molecule has 1 aromatic rings. The van der Waals surface area contributed by atoms with Gasteiger partial charge in [0.1, 0.15) is 0 Å². The van der Waals surface area contributed by atoms with Crippen LogP contribution >= 0.6 is 11.6 Å². The van der Waals surface area contributed by atoms with Crippen molar-refractivity contribution in [3.8, 4) is 0 Å². The highest BCUT2D eigenvalue weighted by molar-refractivity contribution is 6.19. The number of hydrogen-bond donors (Lipinski definition) is 0. The average molecular weight is 183 g/mol. The van der Waals surface area contributed by atoms with Gasteiger partial charge in [-0.15, -0.1) is 6.58 Å². The smallest absolute Gasteiger partial charge is 0.157 e. The minimum Gasteiger partial charge on any atom is -0.354 e. The highest BCUT2D eigenvalue weighted by Gasteiger charge is 2.04. The molecule has 64 valence electrons. The quantitative estimate of drug-likeness (QED) is 0.514. The standard InChI is InChI=1S/C10H11ClO/c1-2-8-12-10(11)9-6-4-3-5-7-9/h2-7,10H,1,8H2. The summed E-state index contributed by atoms with van der Waals surface area (Å²) in [4.78, 5) is 0. The zero-order valence-electron chi connectivity index (χ0n) is 6.74. The summed E-state index contributed by atoms with van der Waals surface area (Å²) in [5.74, 6) is 0. The van der Waals surface area contributed by atoms with E-state index in [4.69, 9.17) is 16.3 Å². The maximum absolute atomic E-state index is 5.91. The van der Waals surface area contributed by atoms with Crippen LogP contribution in [0.3, 0.4) is 0 Å². The summed E-state index contributed by atoms with van der Waals surface area (Å²) < 4.78 is 5.22. The molecule has 0 aliphatic heterocycles. The molecule has 0 heterocycles. The van der Waals surface area contributed by atoms with E-state index in [9.17, 15) is 0 Å². The lowest BCUT2D eigenvalue weighted by Gasteiger charge is -2.08. The van der Waals surface area contributed by atoms with E-state index in [0.29, 0.717) is 6.61 Å². The summed E-state index contributed by atoms with van der Waals surface area (Å²) in [6, 6.07) is 9.67. The summed E-state index contributed by atoms with van der Waals surface area (Å²) in [5, 5.41) is 0. The second-order valence-corrected chi connectivity index (χ2v) is 2.75. The van der Waals surface area contributed by atoms with E-state index >= 15 is 0 Å². The molecule has 1 unspecified atom stereocenters. The Kier molecular flexibility index (Phi) is 3.85. The molecule has 1 aromatic carbocycles. The van der Waals surface area contributed by atoms with Gasteiger partial charge in [-0.05, 0) is 5.56 Å². The second kappa shape index (κ2) is 4.96. The number of ether oxygens (including phenoxy) is 1. The van der Waals surface area contributed by atoms with Gasteiger partial charge >= 0.3 is 0 Å². The Morgan fingerprint density at radius 1 is 1.42 bits per heavy atom. The van der Waals surface area contributed by atoms with E-state index in [-0.39, 0.29) is 5.56 Å². The molecule has 1 rings (SSSR count). The molecular weight excluding hydrogens is 172 g/mol. The van der Waals surface area contributed by atoms with Crippen molar-refractivity contribution >= 4 is 11.6 Å². The molecule has 0 bridgehead atoms. The first-order chi connectivity index (χ1) is 5.84. The molecule has 0 aliphatic carbocycles. The Bertz CT molecular complexity index is 233. The van der Waals surface area contributed by atoms with Gasteiger partial charge in [0.05, 0.1) is 6.61 Å². The predicted octanol–water partition coefficient (Wildman–Crippen LogP) is 3.13. The first kappa shape index (κ1) is 9.30. The first-order valence-corrected chi connectivity index (χ1v) is 4.19. The molecule has 1 nitrogen and oxygen atoms in total. The van der Waals surface area contributed by atoms with Gasteiger partial charge in [0, 0.05) is 0 Å². The Balaban J connectivity index is 2.53. The minimum atomic E-state index is -0.371. The summed E-state index contributed by atoms with van der Waals surface area (Å²) in [5.41, 5.74) is 0.602. The number of rotatable bonds is 4. The Morgan fingerprint density at radius 3 is 2.67 bits per heavy atom. The maximum atomic E-state index is 5.91. The monoisotopic (exact) mass is 182 g/mol. The summed E-state index contributed by atoms with van der Waals surface area (Å²) in [7, 11) is 0. The third-order valence-corrected chi connectivity index (χ3v) is 1.80. The van der Waals surface area contributed by atoms with E-state index in [1.807, 2.05) is 30.3 Å². The Hall–Kier alpha value is -0.790.